The fourth-order valence-corrected chi connectivity index (χ4v) is 9.91. The van der Waals surface area contributed by atoms with E-state index in [2.05, 4.69) is 209 Å². The van der Waals surface area contributed by atoms with E-state index in [1.807, 2.05) is 32.0 Å². The molecule has 0 saturated carbocycles. The molecule has 0 bridgehead atoms. The molecule has 2 aromatic heterocycles. The van der Waals surface area contributed by atoms with Gasteiger partial charge in [0.15, 0.2) is 0 Å². The summed E-state index contributed by atoms with van der Waals surface area (Å²) in [5.74, 6) is 3.58. The molecule has 4 nitrogen and oxygen atoms in total. The van der Waals surface area contributed by atoms with Crippen LogP contribution in [0.4, 0.5) is 34.1 Å². The van der Waals surface area contributed by atoms with Crippen LogP contribution in [0.25, 0.3) is 44.9 Å². The van der Waals surface area contributed by atoms with Gasteiger partial charge in [0, 0.05) is 45.3 Å². The van der Waals surface area contributed by atoms with Crippen LogP contribution in [0.2, 0.25) is 0 Å². The lowest BCUT2D eigenvalue weighted by Crippen LogP contribution is -2.61. The summed E-state index contributed by atoms with van der Waals surface area (Å²) in [5, 5.41) is 0. The second-order valence-corrected chi connectivity index (χ2v) is 19.9. The molecule has 2 aliphatic rings. The maximum Gasteiger partial charge on any atom is 0.252 e. The molecule has 0 radical (unpaired) electrons. The second kappa shape index (κ2) is 15.2. The zero-order valence-electron chi connectivity index (χ0n) is 38.5. The van der Waals surface area contributed by atoms with Gasteiger partial charge in [-0.3, -0.25) is 0 Å². The number of hydrogen-bond acceptors (Lipinski definition) is 4. The van der Waals surface area contributed by atoms with Crippen molar-refractivity contribution >= 4 is 57.2 Å². The minimum Gasteiger partial charge on any atom is -0.461 e. The van der Waals surface area contributed by atoms with Gasteiger partial charge in [-0.1, -0.05) is 145 Å². The first-order valence-electron chi connectivity index (χ1n) is 22.9. The van der Waals surface area contributed by atoms with Crippen LogP contribution in [0.1, 0.15) is 64.2 Å². The van der Waals surface area contributed by atoms with Crippen LogP contribution in [0.15, 0.2) is 185 Å². The number of para-hydroxylation sites is 1. The van der Waals surface area contributed by atoms with Crippen LogP contribution >= 0.6 is 0 Å². The Bertz CT molecular complexity index is 3210. The molecule has 11 rings (SSSR count). The number of furan rings is 2. The van der Waals surface area contributed by atoms with E-state index in [9.17, 15) is 0 Å². The summed E-state index contributed by atoms with van der Waals surface area (Å²) in [6.07, 6.45) is 0. The maximum atomic E-state index is 6.04. The molecule has 0 fully saturated rings. The standard InChI is InChI=1S/C60H53BN2O2/c1-38-13-33-56(64-38)42-19-15-40(16-20-42)44-23-32-53-51(35-44)61-50-11-9-10-12-52(50)62(48-28-24-46(25-29-48)59(3,4)5)54-36-45(41-17-21-43(22-18-41)57-34-14-39(2)65-57)37-55(58(54)61)63(53)49-30-26-47(27-31-49)60(6,7)8/h9-37H,1-8H3. The average molecular weight is 845 g/mol. The molecule has 65 heavy (non-hydrogen) atoms. The number of benzene rings is 7. The number of aryl methyl sites for hydroxylation is 2. The summed E-state index contributed by atoms with van der Waals surface area (Å²) < 4.78 is 12.0. The third kappa shape index (κ3) is 7.11. The number of anilines is 6. The summed E-state index contributed by atoms with van der Waals surface area (Å²) >= 11 is 0. The minimum atomic E-state index is -0.0228. The van der Waals surface area contributed by atoms with E-state index in [1.165, 1.54) is 61.4 Å². The highest BCUT2D eigenvalue weighted by Crippen LogP contribution is 2.47. The first-order chi connectivity index (χ1) is 31.3. The molecule has 0 spiro atoms. The first kappa shape index (κ1) is 40.5. The van der Waals surface area contributed by atoms with E-state index in [-0.39, 0.29) is 17.5 Å². The molecule has 0 saturated heterocycles. The fourth-order valence-electron chi connectivity index (χ4n) is 9.91. The van der Waals surface area contributed by atoms with E-state index in [0.717, 1.165) is 56.7 Å². The van der Waals surface area contributed by atoms with Crippen molar-refractivity contribution in [1.82, 2.24) is 0 Å². The van der Waals surface area contributed by atoms with Crippen molar-refractivity contribution in [2.45, 2.75) is 66.2 Å². The molecule has 0 aliphatic carbocycles. The smallest absolute Gasteiger partial charge is 0.252 e. The van der Waals surface area contributed by atoms with Crippen molar-refractivity contribution < 1.29 is 8.83 Å². The molecule has 4 heterocycles. The normalized spacial score (nSPS) is 13.1. The summed E-state index contributed by atoms with van der Waals surface area (Å²) in [4.78, 5) is 5.02. The lowest BCUT2D eigenvalue weighted by molar-refractivity contribution is 0.548. The molecule has 5 heteroatoms. The first-order valence-corrected chi connectivity index (χ1v) is 22.9. The van der Waals surface area contributed by atoms with Gasteiger partial charge in [-0.15, -0.1) is 0 Å². The highest BCUT2D eigenvalue weighted by Gasteiger charge is 2.44. The van der Waals surface area contributed by atoms with Crippen molar-refractivity contribution in [2.75, 3.05) is 9.80 Å². The summed E-state index contributed by atoms with van der Waals surface area (Å²) in [7, 11) is 0. The van der Waals surface area contributed by atoms with E-state index < -0.39 is 0 Å². The van der Waals surface area contributed by atoms with Gasteiger partial charge in [0.1, 0.15) is 23.0 Å². The van der Waals surface area contributed by atoms with Gasteiger partial charge < -0.3 is 18.6 Å². The van der Waals surface area contributed by atoms with Gasteiger partial charge in [0.05, 0.1) is 0 Å². The second-order valence-electron chi connectivity index (χ2n) is 19.9. The Morgan fingerprint density at radius 2 is 0.800 bits per heavy atom. The molecule has 7 aromatic carbocycles. The monoisotopic (exact) mass is 844 g/mol. The Morgan fingerprint density at radius 3 is 1.26 bits per heavy atom. The van der Waals surface area contributed by atoms with Crippen molar-refractivity contribution in [2.24, 2.45) is 0 Å². The lowest BCUT2D eigenvalue weighted by atomic mass is 9.33. The fraction of sp³-hybridized carbons (Fsp3) is 0.167. The van der Waals surface area contributed by atoms with E-state index in [4.69, 9.17) is 8.83 Å². The molecule has 2 aliphatic heterocycles. The highest BCUT2D eigenvalue weighted by atomic mass is 16.3. The predicted molar refractivity (Wildman–Crippen MR) is 274 cm³/mol. The van der Waals surface area contributed by atoms with Crippen LogP contribution < -0.4 is 26.2 Å². The van der Waals surface area contributed by atoms with Crippen molar-refractivity contribution in [3.8, 4) is 44.9 Å². The minimum absolute atomic E-state index is 0.0228. The van der Waals surface area contributed by atoms with Gasteiger partial charge in [-0.25, -0.2) is 0 Å². The highest BCUT2D eigenvalue weighted by molar-refractivity contribution is 7.00. The van der Waals surface area contributed by atoms with Gasteiger partial charge in [-0.05, 0) is 147 Å². The van der Waals surface area contributed by atoms with Crippen LogP contribution in [0.3, 0.4) is 0 Å². The Hall–Kier alpha value is -7.24. The zero-order valence-corrected chi connectivity index (χ0v) is 38.5. The number of nitrogens with zero attached hydrogens (tertiary/aromatic N) is 2. The molecular formula is C60H53BN2O2. The molecule has 9 aromatic rings. The summed E-state index contributed by atoms with van der Waals surface area (Å²) in [5.41, 5.74) is 20.3. The number of hydrogen-bond donors (Lipinski definition) is 0. The third-order valence-corrected chi connectivity index (χ3v) is 13.4. The lowest BCUT2D eigenvalue weighted by Gasteiger charge is -2.44. The van der Waals surface area contributed by atoms with Gasteiger partial charge in [-0.2, -0.15) is 0 Å². The SMILES string of the molecule is Cc1ccc(-c2ccc(-c3ccc4c(c3)B3c5ccccc5N(c5ccc(C(C)(C)C)cc5)c5cc(-c6ccc(-c7ccc(C)o7)cc6)cc(c53)N4c3ccc(C(C)(C)C)cc3)cc2)o1. The van der Waals surface area contributed by atoms with Gasteiger partial charge in [0.2, 0.25) is 0 Å². The maximum absolute atomic E-state index is 6.04. The van der Waals surface area contributed by atoms with E-state index >= 15 is 0 Å². The Morgan fingerprint density at radius 1 is 0.369 bits per heavy atom. The van der Waals surface area contributed by atoms with Crippen molar-refractivity contribution in [3.05, 3.63) is 199 Å². The molecule has 0 atom stereocenters. The molecular weight excluding hydrogens is 791 g/mol. The Balaban J connectivity index is 1.15. The molecule has 0 unspecified atom stereocenters. The number of fused-ring (bicyclic) bond motifs is 4. The van der Waals surface area contributed by atoms with Crippen LogP contribution in [0, 0.1) is 13.8 Å². The Labute approximate surface area is 383 Å². The largest absolute Gasteiger partial charge is 0.461 e. The topological polar surface area (TPSA) is 32.8 Å². The molecule has 0 N–H and O–H groups in total. The quantitative estimate of drug-likeness (QED) is 0.156. The van der Waals surface area contributed by atoms with Crippen LogP contribution in [0.5, 0.6) is 0 Å². The van der Waals surface area contributed by atoms with Gasteiger partial charge in [0.25, 0.3) is 6.71 Å². The van der Waals surface area contributed by atoms with Gasteiger partial charge >= 0.3 is 0 Å². The Kier molecular flexibility index (Phi) is 9.48. The van der Waals surface area contributed by atoms with Crippen molar-refractivity contribution in [1.29, 1.82) is 0 Å². The zero-order chi connectivity index (χ0) is 44.8. The van der Waals surface area contributed by atoms with Crippen LogP contribution in [-0.4, -0.2) is 6.71 Å². The van der Waals surface area contributed by atoms with E-state index in [0.29, 0.717) is 0 Å². The third-order valence-electron chi connectivity index (χ3n) is 13.4. The molecule has 318 valence electrons. The summed E-state index contributed by atoms with van der Waals surface area (Å²) in [6, 6.07) is 65.2. The average Bonchev–Trinajstić information content (AvgIpc) is 3.96. The number of rotatable bonds is 6. The predicted octanol–water partition coefficient (Wildman–Crippen LogP) is 14.8. The summed E-state index contributed by atoms with van der Waals surface area (Å²) in [6.45, 7) is 17.7. The van der Waals surface area contributed by atoms with Crippen LogP contribution in [-0.2, 0) is 10.8 Å². The molecule has 0 amide bonds. The van der Waals surface area contributed by atoms with E-state index in [1.54, 1.807) is 0 Å². The van der Waals surface area contributed by atoms with Crippen molar-refractivity contribution in [3.63, 3.8) is 0 Å².